The summed E-state index contributed by atoms with van der Waals surface area (Å²) in [5.41, 5.74) is 2.94. The van der Waals surface area contributed by atoms with Crippen LogP contribution in [0.5, 0.6) is 0 Å². The Morgan fingerprint density at radius 3 is 2.32 bits per heavy atom. The van der Waals surface area contributed by atoms with Gasteiger partial charge in [-0.05, 0) is 49.3 Å². The van der Waals surface area contributed by atoms with Crippen molar-refractivity contribution in [3.05, 3.63) is 41.5 Å². The molecule has 0 spiro atoms. The maximum atomic E-state index is 12.7. The molecule has 0 N–H and O–H groups in total. The molecule has 3 aliphatic rings. The summed E-state index contributed by atoms with van der Waals surface area (Å²) in [6, 6.07) is 5.78. The molecule has 25 heavy (non-hydrogen) atoms. The van der Waals surface area contributed by atoms with Crippen molar-refractivity contribution in [2.24, 2.45) is 23.7 Å². The molecule has 2 fully saturated rings. The van der Waals surface area contributed by atoms with Crippen molar-refractivity contribution in [1.82, 2.24) is 4.90 Å². The zero-order valence-corrected chi connectivity index (χ0v) is 14.7. The van der Waals surface area contributed by atoms with Crippen LogP contribution in [0.3, 0.4) is 0 Å². The molecule has 4 atom stereocenters. The van der Waals surface area contributed by atoms with Gasteiger partial charge in [0.2, 0.25) is 17.7 Å². The van der Waals surface area contributed by atoms with Gasteiger partial charge >= 0.3 is 0 Å². The molecule has 5 nitrogen and oxygen atoms in total. The number of likely N-dealkylation sites (N-methyl/N-ethyl adjacent to an activating group) is 1. The van der Waals surface area contributed by atoms with Crippen LogP contribution in [0.15, 0.2) is 30.4 Å². The summed E-state index contributed by atoms with van der Waals surface area (Å²) in [6.07, 6.45) is 5.02. The fraction of sp³-hybridized carbons (Fsp3) is 0.450. The smallest absolute Gasteiger partial charge is 0.246 e. The van der Waals surface area contributed by atoms with Crippen LogP contribution in [0.4, 0.5) is 5.69 Å². The van der Waals surface area contributed by atoms with Crippen molar-refractivity contribution in [3.63, 3.8) is 0 Å². The second-order valence-electron chi connectivity index (χ2n) is 7.43. The maximum Gasteiger partial charge on any atom is 0.246 e. The minimum atomic E-state index is -0.249. The maximum absolute atomic E-state index is 12.7. The molecule has 0 aromatic heterocycles. The number of nitrogens with zero attached hydrogens (tertiary/aromatic N) is 2. The molecule has 1 aromatic carbocycles. The average Bonchev–Trinajstić information content (AvgIpc) is 3.26. The average molecular weight is 338 g/mol. The van der Waals surface area contributed by atoms with Crippen LogP contribution in [0.25, 0.3) is 0 Å². The third-order valence-electron chi connectivity index (χ3n) is 6.17. The number of rotatable bonds is 3. The van der Waals surface area contributed by atoms with E-state index in [4.69, 9.17) is 0 Å². The van der Waals surface area contributed by atoms with E-state index in [1.807, 2.05) is 32.0 Å². The number of amides is 3. The van der Waals surface area contributed by atoms with Gasteiger partial charge in [0.25, 0.3) is 0 Å². The monoisotopic (exact) mass is 338 g/mol. The Morgan fingerprint density at radius 1 is 1.12 bits per heavy atom. The number of allylic oxidation sites excluding steroid dienone is 2. The molecule has 130 valence electrons. The van der Waals surface area contributed by atoms with E-state index in [2.05, 4.69) is 12.2 Å². The fourth-order valence-electron chi connectivity index (χ4n) is 4.59. The Hall–Kier alpha value is -2.43. The number of aryl methyl sites for hydroxylation is 1. The second-order valence-corrected chi connectivity index (χ2v) is 7.43. The van der Waals surface area contributed by atoms with E-state index in [1.165, 1.54) is 4.90 Å². The van der Waals surface area contributed by atoms with Crippen LogP contribution in [0.2, 0.25) is 0 Å². The minimum Gasteiger partial charge on any atom is -0.314 e. The van der Waals surface area contributed by atoms with Gasteiger partial charge in [0.15, 0.2) is 0 Å². The Bertz CT molecular complexity index is 783. The van der Waals surface area contributed by atoms with Gasteiger partial charge in [0.1, 0.15) is 6.54 Å². The Balaban J connectivity index is 1.53. The summed E-state index contributed by atoms with van der Waals surface area (Å²) in [5.74, 6) is -0.742. The van der Waals surface area contributed by atoms with E-state index < -0.39 is 0 Å². The van der Waals surface area contributed by atoms with E-state index in [0.717, 1.165) is 23.2 Å². The van der Waals surface area contributed by atoms with Crippen molar-refractivity contribution in [1.29, 1.82) is 0 Å². The van der Waals surface area contributed by atoms with E-state index in [-0.39, 0.29) is 47.9 Å². The number of hydrogen-bond donors (Lipinski definition) is 0. The molecule has 1 heterocycles. The van der Waals surface area contributed by atoms with Crippen molar-refractivity contribution in [3.8, 4) is 0 Å². The SMILES string of the molecule is Cc1cccc(N(C)C(=O)CN2C(=O)[C@@H]3[C@@H](C2=O)[C@H]2C=C[C@H]3C2)c1C. The third kappa shape index (κ3) is 2.25. The van der Waals surface area contributed by atoms with Crippen LogP contribution in [-0.4, -0.2) is 36.2 Å². The Labute approximate surface area is 147 Å². The number of anilines is 1. The molecular formula is C20H22N2O3. The molecule has 4 rings (SSSR count). The van der Waals surface area contributed by atoms with E-state index in [1.54, 1.807) is 11.9 Å². The van der Waals surface area contributed by atoms with Crippen LogP contribution < -0.4 is 4.90 Å². The van der Waals surface area contributed by atoms with Gasteiger partial charge in [-0.25, -0.2) is 0 Å². The van der Waals surface area contributed by atoms with Crippen molar-refractivity contribution < 1.29 is 14.4 Å². The largest absolute Gasteiger partial charge is 0.314 e. The molecule has 2 bridgehead atoms. The summed E-state index contributed by atoms with van der Waals surface area (Å²) in [4.78, 5) is 40.9. The minimum absolute atomic E-state index is 0.170. The highest BCUT2D eigenvalue weighted by Crippen LogP contribution is 2.52. The molecule has 1 aliphatic heterocycles. The molecule has 0 unspecified atom stereocenters. The number of hydrogen-bond acceptors (Lipinski definition) is 3. The summed E-state index contributed by atoms with van der Waals surface area (Å²) in [6.45, 7) is 3.79. The molecule has 2 aliphatic carbocycles. The van der Waals surface area contributed by atoms with Crippen molar-refractivity contribution in [2.75, 3.05) is 18.5 Å². The third-order valence-corrected chi connectivity index (χ3v) is 6.17. The molecule has 1 saturated carbocycles. The highest BCUT2D eigenvalue weighted by molar-refractivity contribution is 6.10. The standard InChI is InChI=1S/C20H22N2O3/c1-11-5-4-6-15(12(11)2)21(3)16(23)10-22-19(24)17-13-7-8-14(9-13)18(17)20(22)25/h4-8,13-14,17-18H,9-10H2,1-3H3/t13-,14-,17-,18-/m0/s1. The van der Waals surface area contributed by atoms with Gasteiger partial charge < -0.3 is 4.90 Å². The van der Waals surface area contributed by atoms with Crippen LogP contribution in [-0.2, 0) is 14.4 Å². The van der Waals surface area contributed by atoms with Gasteiger partial charge in [-0.1, -0.05) is 24.3 Å². The molecule has 1 aromatic rings. The number of carbonyl (C=O) groups is 3. The first-order valence-electron chi connectivity index (χ1n) is 8.76. The topological polar surface area (TPSA) is 57.7 Å². The van der Waals surface area contributed by atoms with Gasteiger partial charge in [-0.15, -0.1) is 0 Å². The summed E-state index contributed by atoms with van der Waals surface area (Å²) >= 11 is 0. The second kappa shape index (κ2) is 5.55. The normalized spacial score (nSPS) is 29.5. The highest BCUT2D eigenvalue weighted by atomic mass is 16.2. The number of fused-ring (bicyclic) bond motifs is 5. The summed E-state index contributed by atoms with van der Waals surface area (Å²) in [5, 5.41) is 0. The first-order valence-corrected chi connectivity index (χ1v) is 8.76. The molecule has 3 amide bonds. The lowest BCUT2D eigenvalue weighted by atomic mass is 9.85. The number of imide groups is 1. The molecule has 5 heteroatoms. The van der Waals surface area contributed by atoms with Gasteiger partial charge in [0, 0.05) is 12.7 Å². The lowest BCUT2D eigenvalue weighted by molar-refractivity contribution is -0.143. The lowest BCUT2D eigenvalue weighted by Crippen LogP contribution is -2.42. The predicted octanol–water partition coefficient (Wildman–Crippen LogP) is 2.07. The number of carbonyl (C=O) groups excluding carboxylic acids is 3. The first-order chi connectivity index (χ1) is 11.9. The Morgan fingerprint density at radius 2 is 1.72 bits per heavy atom. The van der Waals surface area contributed by atoms with Crippen LogP contribution in [0, 0.1) is 37.5 Å². The lowest BCUT2D eigenvalue weighted by Gasteiger charge is -2.24. The Kier molecular flexibility index (Phi) is 3.56. The molecular weight excluding hydrogens is 316 g/mol. The fourth-order valence-corrected chi connectivity index (χ4v) is 4.59. The van der Waals surface area contributed by atoms with Gasteiger partial charge in [0.05, 0.1) is 11.8 Å². The predicted molar refractivity (Wildman–Crippen MR) is 93.8 cm³/mol. The van der Waals surface area contributed by atoms with Crippen LogP contribution >= 0.6 is 0 Å². The van der Waals surface area contributed by atoms with Gasteiger partial charge in [-0.3, -0.25) is 19.3 Å². The summed E-state index contributed by atoms with van der Waals surface area (Å²) < 4.78 is 0. The quantitative estimate of drug-likeness (QED) is 0.626. The zero-order valence-electron chi connectivity index (χ0n) is 14.7. The van der Waals surface area contributed by atoms with Crippen LogP contribution in [0.1, 0.15) is 17.5 Å². The number of benzene rings is 1. The molecule has 0 radical (unpaired) electrons. The van der Waals surface area contributed by atoms with E-state index in [0.29, 0.717) is 0 Å². The molecule has 1 saturated heterocycles. The zero-order chi connectivity index (χ0) is 17.9. The first kappa shape index (κ1) is 16.1. The van der Waals surface area contributed by atoms with Gasteiger partial charge in [-0.2, -0.15) is 0 Å². The van der Waals surface area contributed by atoms with E-state index in [9.17, 15) is 14.4 Å². The number of likely N-dealkylation sites (tertiary alicyclic amines) is 1. The van der Waals surface area contributed by atoms with E-state index >= 15 is 0 Å². The van der Waals surface area contributed by atoms with Crippen molar-refractivity contribution >= 4 is 23.4 Å². The summed E-state index contributed by atoms with van der Waals surface area (Å²) in [7, 11) is 1.70. The van der Waals surface area contributed by atoms with Crippen molar-refractivity contribution in [2.45, 2.75) is 20.3 Å². The highest BCUT2D eigenvalue weighted by Gasteiger charge is 2.59.